The molecular formula is C8H16N2O. The van der Waals surface area contributed by atoms with Crippen LogP contribution in [0.15, 0.2) is 0 Å². The number of hydrogen-bond acceptors (Lipinski definition) is 2. The first-order valence-corrected chi connectivity index (χ1v) is 4.12. The minimum Gasteiger partial charge on any atom is -0.346 e. The quantitative estimate of drug-likeness (QED) is 0.614. The highest BCUT2D eigenvalue weighted by atomic mass is 16.2. The summed E-state index contributed by atoms with van der Waals surface area (Å²) in [7, 11) is 1.86. The van der Waals surface area contributed by atoms with Gasteiger partial charge < -0.3 is 10.2 Å². The molecule has 0 aliphatic carbocycles. The Labute approximate surface area is 67.8 Å². The Balaban J connectivity index is 2.23. The smallest absolute Gasteiger partial charge is 0.219 e. The van der Waals surface area contributed by atoms with Gasteiger partial charge in [-0.25, -0.2) is 0 Å². The maximum Gasteiger partial charge on any atom is 0.219 e. The second-order valence-electron chi connectivity index (χ2n) is 3.26. The van der Waals surface area contributed by atoms with Gasteiger partial charge in [0.05, 0.1) is 0 Å². The van der Waals surface area contributed by atoms with Crippen LogP contribution in [0.3, 0.4) is 0 Å². The number of nitrogens with zero attached hydrogens (tertiary/aromatic N) is 1. The third-order valence-electron chi connectivity index (χ3n) is 2.23. The summed E-state index contributed by atoms with van der Waals surface area (Å²) in [6.45, 7) is 4.69. The van der Waals surface area contributed by atoms with Crippen LogP contribution in [0.5, 0.6) is 0 Å². The molecule has 0 aromatic carbocycles. The number of rotatable bonds is 2. The van der Waals surface area contributed by atoms with Crippen LogP contribution in [0.1, 0.15) is 13.3 Å². The number of hydrogen-bond donors (Lipinski definition) is 1. The van der Waals surface area contributed by atoms with Crippen molar-refractivity contribution in [3.8, 4) is 0 Å². The zero-order chi connectivity index (χ0) is 8.27. The van der Waals surface area contributed by atoms with Crippen molar-refractivity contribution in [1.29, 1.82) is 0 Å². The van der Waals surface area contributed by atoms with E-state index in [1.54, 1.807) is 11.8 Å². The number of amides is 1. The van der Waals surface area contributed by atoms with Gasteiger partial charge >= 0.3 is 0 Å². The molecule has 1 aliphatic heterocycles. The Morgan fingerprint density at radius 2 is 2.45 bits per heavy atom. The molecule has 1 saturated heterocycles. The molecule has 11 heavy (non-hydrogen) atoms. The van der Waals surface area contributed by atoms with E-state index in [9.17, 15) is 4.79 Å². The highest BCUT2D eigenvalue weighted by molar-refractivity contribution is 5.72. The highest BCUT2D eigenvalue weighted by Gasteiger charge is 2.16. The van der Waals surface area contributed by atoms with Gasteiger partial charge in [0.15, 0.2) is 0 Å². The molecule has 1 atom stereocenters. The lowest BCUT2D eigenvalue weighted by Crippen LogP contribution is -2.30. The summed E-state index contributed by atoms with van der Waals surface area (Å²) >= 11 is 0. The van der Waals surface area contributed by atoms with Crippen LogP contribution in [-0.4, -0.2) is 37.5 Å². The molecule has 0 bridgehead atoms. The van der Waals surface area contributed by atoms with Gasteiger partial charge in [0.1, 0.15) is 0 Å². The minimum atomic E-state index is 0.164. The molecule has 0 aromatic rings. The molecule has 1 heterocycles. The van der Waals surface area contributed by atoms with Crippen LogP contribution >= 0.6 is 0 Å². The molecule has 0 spiro atoms. The van der Waals surface area contributed by atoms with E-state index in [2.05, 4.69) is 5.32 Å². The second kappa shape index (κ2) is 3.72. The SMILES string of the molecule is CC(=O)N(C)C[C@@H]1CCNC1. The molecule has 1 amide bonds. The molecule has 64 valence electrons. The van der Waals surface area contributed by atoms with Crippen molar-refractivity contribution < 1.29 is 4.79 Å². The first-order chi connectivity index (χ1) is 5.20. The van der Waals surface area contributed by atoms with E-state index in [-0.39, 0.29) is 5.91 Å². The summed E-state index contributed by atoms with van der Waals surface area (Å²) < 4.78 is 0. The van der Waals surface area contributed by atoms with Crippen LogP contribution in [-0.2, 0) is 4.79 Å². The lowest BCUT2D eigenvalue weighted by Gasteiger charge is -2.18. The fourth-order valence-electron chi connectivity index (χ4n) is 1.39. The van der Waals surface area contributed by atoms with Crippen molar-refractivity contribution in [3.05, 3.63) is 0 Å². The molecular weight excluding hydrogens is 140 g/mol. The molecule has 1 fully saturated rings. The van der Waals surface area contributed by atoms with E-state index < -0.39 is 0 Å². The Morgan fingerprint density at radius 1 is 1.73 bits per heavy atom. The molecule has 3 nitrogen and oxygen atoms in total. The van der Waals surface area contributed by atoms with Crippen molar-refractivity contribution in [2.75, 3.05) is 26.7 Å². The van der Waals surface area contributed by atoms with Gasteiger partial charge in [-0.1, -0.05) is 0 Å². The summed E-state index contributed by atoms with van der Waals surface area (Å²) in [5.41, 5.74) is 0. The summed E-state index contributed by atoms with van der Waals surface area (Å²) in [6.07, 6.45) is 1.21. The van der Waals surface area contributed by atoms with Gasteiger partial charge in [-0.2, -0.15) is 0 Å². The van der Waals surface area contributed by atoms with Crippen molar-refractivity contribution in [2.24, 2.45) is 5.92 Å². The van der Waals surface area contributed by atoms with Gasteiger partial charge in [-0.3, -0.25) is 4.79 Å². The number of carbonyl (C=O) groups excluding carboxylic acids is 1. The summed E-state index contributed by atoms with van der Waals surface area (Å²) in [4.78, 5) is 12.6. The summed E-state index contributed by atoms with van der Waals surface area (Å²) in [6, 6.07) is 0. The van der Waals surface area contributed by atoms with Crippen LogP contribution < -0.4 is 5.32 Å². The fraction of sp³-hybridized carbons (Fsp3) is 0.875. The van der Waals surface area contributed by atoms with E-state index in [1.807, 2.05) is 7.05 Å². The molecule has 1 rings (SSSR count). The van der Waals surface area contributed by atoms with E-state index >= 15 is 0 Å². The second-order valence-corrected chi connectivity index (χ2v) is 3.26. The van der Waals surface area contributed by atoms with Crippen LogP contribution in [0.4, 0.5) is 0 Å². The monoisotopic (exact) mass is 156 g/mol. The number of nitrogens with one attached hydrogen (secondary N) is 1. The Kier molecular flexibility index (Phi) is 2.88. The van der Waals surface area contributed by atoms with Crippen molar-refractivity contribution in [2.45, 2.75) is 13.3 Å². The predicted molar refractivity (Wildman–Crippen MR) is 44.3 cm³/mol. The molecule has 3 heteroatoms. The van der Waals surface area contributed by atoms with Gasteiger partial charge in [0.25, 0.3) is 0 Å². The van der Waals surface area contributed by atoms with Crippen molar-refractivity contribution in [3.63, 3.8) is 0 Å². The van der Waals surface area contributed by atoms with Crippen molar-refractivity contribution in [1.82, 2.24) is 10.2 Å². The van der Waals surface area contributed by atoms with Gasteiger partial charge in [-0.05, 0) is 25.4 Å². The van der Waals surface area contributed by atoms with Crippen LogP contribution in [0, 0.1) is 5.92 Å². The minimum absolute atomic E-state index is 0.164. The standard InChI is InChI=1S/C8H16N2O/c1-7(11)10(2)6-8-3-4-9-5-8/h8-9H,3-6H2,1-2H3/t8-/m1/s1. The zero-order valence-corrected chi connectivity index (χ0v) is 7.26. The lowest BCUT2D eigenvalue weighted by molar-refractivity contribution is -0.128. The van der Waals surface area contributed by atoms with E-state index in [1.165, 1.54) is 6.42 Å². The zero-order valence-electron chi connectivity index (χ0n) is 7.26. The Bertz CT molecular complexity index is 141. The first-order valence-electron chi connectivity index (χ1n) is 4.12. The summed E-state index contributed by atoms with van der Waals surface area (Å²) in [5, 5.41) is 3.28. The van der Waals surface area contributed by atoms with E-state index in [4.69, 9.17) is 0 Å². The van der Waals surface area contributed by atoms with Crippen LogP contribution in [0.25, 0.3) is 0 Å². The maximum absolute atomic E-state index is 10.8. The molecule has 0 radical (unpaired) electrons. The molecule has 0 unspecified atom stereocenters. The average Bonchev–Trinajstić information content (AvgIpc) is 2.39. The Morgan fingerprint density at radius 3 is 2.91 bits per heavy atom. The highest BCUT2D eigenvalue weighted by Crippen LogP contribution is 2.08. The third-order valence-corrected chi connectivity index (χ3v) is 2.23. The van der Waals surface area contributed by atoms with E-state index in [0.717, 1.165) is 19.6 Å². The lowest BCUT2D eigenvalue weighted by atomic mass is 10.1. The molecule has 0 aromatic heterocycles. The third kappa shape index (κ3) is 2.50. The van der Waals surface area contributed by atoms with Gasteiger partial charge in [0.2, 0.25) is 5.91 Å². The molecule has 1 aliphatic rings. The Hall–Kier alpha value is -0.570. The van der Waals surface area contributed by atoms with Gasteiger partial charge in [-0.15, -0.1) is 0 Å². The largest absolute Gasteiger partial charge is 0.346 e. The summed E-state index contributed by atoms with van der Waals surface area (Å²) in [5.74, 6) is 0.834. The average molecular weight is 156 g/mol. The normalized spacial score (nSPS) is 23.6. The van der Waals surface area contributed by atoms with Gasteiger partial charge in [0, 0.05) is 20.5 Å². The fourth-order valence-corrected chi connectivity index (χ4v) is 1.39. The van der Waals surface area contributed by atoms with Crippen LogP contribution in [0.2, 0.25) is 0 Å². The first kappa shape index (κ1) is 8.53. The predicted octanol–water partition coefficient (Wildman–Crippen LogP) is 0.0742. The topological polar surface area (TPSA) is 32.3 Å². The maximum atomic E-state index is 10.8. The molecule has 1 N–H and O–H groups in total. The molecule has 0 saturated carbocycles. The van der Waals surface area contributed by atoms with Crippen molar-refractivity contribution >= 4 is 5.91 Å². The van der Waals surface area contributed by atoms with E-state index in [0.29, 0.717) is 5.92 Å². The number of carbonyl (C=O) groups is 1.